The van der Waals surface area contributed by atoms with Crippen LogP contribution in [0.5, 0.6) is 11.5 Å². The van der Waals surface area contributed by atoms with Crippen LogP contribution >= 0.6 is 10.3 Å². The van der Waals surface area contributed by atoms with Crippen molar-refractivity contribution in [2.45, 2.75) is 58.3 Å². The molecule has 2 atom stereocenters. The Bertz CT molecular complexity index is 2040. The van der Waals surface area contributed by atoms with Crippen molar-refractivity contribution in [2.75, 3.05) is 11.5 Å². The van der Waals surface area contributed by atoms with E-state index in [0.717, 1.165) is 30.6 Å². The Morgan fingerprint density at radius 3 is 2.70 bits per heavy atom. The zero-order chi connectivity index (χ0) is 32.9. The average molecular weight is 656 g/mol. The summed E-state index contributed by atoms with van der Waals surface area (Å²) in [7, 11) is 1.37. The molecule has 0 radical (unpaired) electrons. The van der Waals surface area contributed by atoms with Crippen molar-refractivity contribution in [2.24, 2.45) is 12.5 Å². The van der Waals surface area contributed by atoms with Crippen LogP contribution in [0.2, 0.25) is 0 Å². The second-order valence-corrected chi connectivity index (χ2v) is 15.4. The molecule has 2 aliphatic heterocycles. The first-order valence-corrected chi connectivity index (χ1v) is 17.5. The fourth-order valence-electron chi connectivity index (χ4n) is 6.87. The molecule has 6 bridgehead atoms. The van der Waals surface area contributed by atoms with Gasteiger partial charge in [0.1, 0.15) is 0 Å². The van der Waals surface area contributed by atoms with Gasteiger partial charge >= 0.3 is 276 Å². The quantitative estimate of drug-likeness (QED) is 0.189. The van der Waals surface area contributed by atoms with Crippen LogP contribution in [-0.4, -0.2) is 48.6 Å². The van der Waals surface area contributed by atoms with Gasteiger partial charge in [0.2, 0.25) is 0 Å². The van der Waals surface area contributed by atoms with E-state index in [-0.39, 0.29) is 28.9 Å². The number of aryl methyl sites for hydroxylation is 2. The molecule has 0 fully saturated rings. The van der Waals surface area contributed by atoms with E-state index >= 15 is 8.78 Å². The summed E-state index contributed by atoms with van der Waals surface area (Å²) >= 11 is 0. The van der Waals surface area contributed by atoms with Crippen LogP contribution in [0.3, 0.4) is 0 Å². The SMILES string of the molecule is Cn1nc2nc1-c1cc(ccn1)Oc1c(F)c(F)c3[nH]cc4c3c1CCS(=BOC(=O)C4)CC(C)(C)CCCC2(C)c1ccccc1. The summed E-state index contributed by atoms with van der Waals surface area (Å²) in [4.78, 5) is 25.4. The molecule has 0 saturated heterocycles. The third kappa shape index (κ3) is 5.92. The number of hydrogen-bond acceptors (Lipinski definition) is 6. The number of benzene rings is 2. The Hall–Kier alpha value is -4.19. The number of rotatable bonds is 1. The van der Waals surface area contributed by atoms with Gasteiger partial charge in [0.25, 0.3) is 0 Å². The van der Waals surface area contributed by atoms with Crippen LogP contribution in [0, 0.1) is 17.0 Å². The number of halogens is 2. The first-order valence-electron chi connectivity index (χ1n) is 15.8. The molecule has 47 heavy (non-hydrogen) atoms. The molecule has 12 heteroatoms. The molecule has 5 aromatic rings. The molecule has 8 nitrogen and oxygen atoms in total. The fourth-order valence-corrected chi connectivity index (χ4v) is 9.04. The van der Waals surface area contributed by atoms with Gasteiger partial charge in [0.15, 0.2) is 0 Å². The van der Waals surface area contributed by atoms with Crippen molar-refractivity contribution >= 4 is 33.6 Å². The Morgan fingerprint density at radius 2 is 1.89 bits per heavy atom. The van der Waals surface area contributed by atoms with Crippen molar-refractivity contribution in [3.8, 4) is 23.0 Å². The third-order valence-electron chi connectivity index (χ3n) is 9.37. The Labute approximate surface area is 275 Å². The number of aromatic amines is 1. The number of carbonyl (C=O) groups is 1. The Balaban J connectivity index is 1.41. The predicted octanol–water partition coefficient (Wildman–Crippen LogP) is 7.39. The summed E-state index contributed by atoms with van der Waals surface area (Å²) in [6.07, 6.45) is 7.73. The summed E-state index contributed by atoms with van der Waals surface area (Å²) in [5.74, 6) is 0.0586. The van der Waals surface area contributed by atoms with E-state index in [0.29, 0.717) is 46.0 Å². The molecule has 242 valence electrons. The van der Waals surface area contributed by atoms with Gasteiger partial charge in [0.05, 0.1) is 0 Å². The number of pyridine rings is 1. The number of carbonyl (C=O) groups excluding carboxylic acids is 1. The van der Waals surface area contributed by atoms with Gasteiger partial charge < -0.3 is 0 Å². The van der Waals surface area contributed by atoms with Crippen LogP contribution in [-0.2, 0) is 34.8 Å². The van der Waals surface area contributed by atoms with Crippen LogP contribution in [0.15, 0.2) is 54.9 Å². The van der Waals surface area contributed by atoms with Crippen LogP contribution < -0.4 is 4.74 Å². The van der Waals surface area contributed by atoms with Crippen LogP contribution in [0.4, 0.5) is 8.78 Å². The summed E-state index contributed by atoms with van der Waals surface area (Å²) in [6.45, 7) is 6.65. The Kier molecular flexibility index (Phi) is 8.10. The molecule has 2 unspecified atom stereocenters. The van der Waals surface area contributed by atoms with Gasteiger partial charge in [-0.3, -0.25) is 0 Å². The zero-order valence-corrected chi connectivity index (χ0v) is 27.7. The standard InChI is InChI=1S/C35H36BF2N5O3S/c1-34(2)13-8-14-35(3,22-9-6-5-7-10-22)33-41-32(43(4)42-33)25-18-23(11-15-39-25)45-31-24-12-16-47(20-34)36-46-26(44)17-21-19-40-30(27(21)24)28(37)29(31)38/h5-7,9-11,15,18-19,40H,8,12-14,16-17,20H2,1-4H3. The molecule has 1 N–H and O–H groups in total. The van der Waals surface area contributed by atoms with Crippen molar-refractivity contribution in [3.63, 3.8) is 0 Å². The minimum absolute atomic E-state index is 0.0167. The fraction of sp³-hybridized carbons (Fsp3) is 0.371. The summed E-state index contributed by atoms with van der Waals surface area (Å²) < 4.78 is 45.1. The topological polar surface area (TPSA) is 94.9 Å². The van der Waals surface area contributed by atoms with Gasteiger partial charge in [-0.25, -0.2) is 0 Å². The van der Waals surface area contributed by atoms with Crippen molar-refractivity contribution in [1.29, 1.82) is 0 Å². The van der Waals surface area contributed by atoms with Crippen LogP contribution in [0.1, 0.15) is 62.5 Å². The molecule has 0 saturated carbocycles. The third-order valence-corrected chi connectivity index (χ3v) is 11.6. The molecular weight excluding hydrogens is 619 g/mol. The number of nitrogens with one attached hydrogen (secondary N) is 1. The minimum atomic E-state index is -1.09. The Morgan fingerprint density at radius 1 is 1.09 bits per heavy atom. The van der Waals surface area contributed by atoms with E-state index in [1.54, 1.807) is 35.6 Å². The average Bonchev–Trinajstić information content (AvgIpc) is 3.65. The molecule has 0 amide bonds. The van der Waals surface area contributed by atoms with Gasteiger partial charge in [-0.2, -0.15) is 0 Å². The zero-order valence-electron chi connectivity index (χ0n) is 26.9. The normalized spacial score (nSPS) is 21.2. The summed E-state index contributed by atoms with van der Waals surface area (Å²) in [6, 6.07) is 13.6. The van der Waals surface area contributed by atoms with Gasteiger partial charge in [-0.05, 0) is 0 Å². The predicted molar refractivity (Wildman–Crippen MR) is 180 cm³/mol. The summed E-state index contributed by atoms with van der Waals surface area (Å²) in [5, 5.41) is 5.36. The van der Waals surface area contributed by atoms with Crippen molar-refractivity contribution in [1.82, 2.24) is 24.7 Å². The van der Waals surface area contributed by atoms with Gasteiger partial charge in [-0.15, -0.1) is 0 Å². The van der Waals surface area contributed by atoms with Crippen molar-refractivity contribution in [3.05, 3.63) is 89.0 Å². The van der Waals surface area contributed by atoms with Crippen molar-refractivity contribution < 1.29 is 23.0 Å². The molecule has 2 aliphatic rings. The molecule has 7 rings (SSSR count). The number of fused-ring (bicyclic) bond motifs is 7. The first kappa shape index (κ1) is 31.4. The van der Waals surface area contributed by atoms with E-state index in [2.05, 4.69) is 42.9 Å². The summed E-state index contributed by atoms with van der Waals surface area (Å²) in [5.41, 5.74) is 2.09. The maximum atomic E-state index is 15.9. The molecular formula is C35H36BF2N5O3S. The van der Waals surface area contributed by atoms with E-state index in [1.807, 2.05) is 25.2 Å². The second kappa shape index (κ2) is 12.1. The number of aromatic nitrogens is 5. The second-order valence-electron chi connectivity index (χ2n) is 13.5. The molecule has 3 aromatic heterocycles. The number of ether oxygens (including phenoxy) is 1. The molecule has 0 spiro atoms. The number of hydrogen-bond donors (Lipinski definition) is 1. The molecule has 2 aromatic carbocycles. The molecule has 5 heterocycles. The van der Waals surface area contributed by atoms with Gasteiger partial charge in [0, 0.05) is 0 Å². The van der Waals surface area contributed by atoms with Gasteiger partial charge in [-0.1, -0.05) is 0 Å². The maximum absolute atomic E-state index is 15.9. The van der Waals surface area contributed by atoms with E-state index in [4.69, 9.17) is 19.5 Å². The van der Waals surface area contributed by atoms with E-state index < -0.39 is 33.3 Å². The monoisotopic (exact) mass is 655 g/mol. The van der Waals surface area contributed by atoms with E-state index in [1.165, 1.54) is 0 Å². The number of H-pyrrole nitrogens is 1. The first-order chi connectivity index (χ1) is 22.5. The molecule has 0 aliphatic carbocycles. The van der Waals surface area contributed by atoms with Crippen LogP contribution in [0.25, 0.3) is 22.4 Å². The number of nitrogens with zero attached hydrogens (tertiary/aromatic N) is 4. The van der Waals surface area contributed by atoms with E-state index in [9.17, 15) is 4.79 Å².